The Balaban J connectivity index is 0.00000385. The number of carboxylic acid groups (broad SMARTS) is 2. The normalized spacial score (nSPS) is 14.5. The van der Waals surface area contributed by atoms with E-state index in [0.29, 0.717) is 24.3 Å². The summed E-state index contributed by atoms with van der Waals surface area (Å²) in [6.07, 6.45) is 1.28. The number of benzene rings is 1. The number of aromatic nitrogens is 2. The minimum atomic E-state index is -1.56. The molecule has 0 saturated heterocycles. The van der Waals surface area contributed by atoms with Gasteiger partial charge >= 0.3 is 59.1 Å². The Bertz CT molecular complexity index is 1080. The number of carbonyl (C=O) groups excluding carboxylic acids is 3. The summed E-state index contributed by atoms with van der Waals surface area (Å²) in [5, 5.41) is 27.0. The molecule has 0 bridgehead atoms. The van der Waals surface area contributed by atoms with Crippen LogP contribution in [0.25, 0.3) is 0 Å². The van der Waals surface area contributed by atoms with Gasteiger partial charge in [0.2, 0.25) is 5.95 Å². The molecule has 0 spiro atoms. The van der Waals surface area contributed by atoms with Crippen LogP contribution in [0.5, 0.6) is 0 Å². The molecular formula is C21H25N5Na2O7. The van der Waals surface area contributed by atoms with Crippen molar-refractivity contribution in [2.24, 2.45) is 5.92 Å². The number of carbonyl (C=O) groups is 3. The van der Waals surface area contributed by atoms with Crippen molar-refractivity contribution in [1.82, 2.24) is 15.3 Å². The molecule has 1 aromatic heterocycles. The second-order valence-corrected chi connectivity index (χ2v) is 7.72. The van der Waals surface area contributed by atoms with E-state index in [-0.39, 0.29) is 94.0 Å². The Morgan fingerprint density at radius 1 is 1.17 bits per heavy atom. The summed E-state index contributed by atoms with van der Waals surface area (Å²) in [4.78, 5) is 52.6. The molecule has 0 saturated carbocycles. The van der Waals surface area contributed by atoms with Gasteiger partial charge in [-0.25, -0.2) is 0 Å². The number of anilines is 2. The number of aryl methyl sites for hydroxylation is 1. The first kappa shape index (κ1) is 33.1. The third kappa shape index (κ3) is 9.56. The van der Waals surface area contributed by atoms with Crippen LogP contribution in [0, 0.1) is 5.92 Å². The van der Waals surface area contributed by atoms with Crippen LogP contribution in [0.1, 0.15) is 40.7 Å². The Morgan fingerprint density at radius 3 is 2.43 bits per heavy atom. The summed E-state index contributed by atoms with van der Waals surface area (Å²) < 4.78 is 0. The summed E-state index contributed by atoms with van der Waals surface area (Å²) in [7, 11) is 0. The van der Waals surface area contributed by atoms with Crippen molar-refractivity contribution in [3.8, 4) is 0 Å². The van der Waals surface area contributed by atoms with Crippen LogP contribution in [0.3, 0.4) is 0 Å². The van der Waals surface area contributed by atoms with E-state index in [1.54, 1.807) is 24.3 Å². The number of aliphatic carboxylic acids is 2. The van der Waals surface area contributed by atoms with E-state index in [9.17, 15) is 29.4 Å². The number of hydrogen-bond donors (Lipinski definition) is 4. The van der Waals surface area contributed by atoms with E-state index < -0.39 is 30.3 Å². The molecular weight excluding hydrogens is 480 g/mol. The summed E-state index contributed by atoms with van der Waals surface area (Å²) in [5.41, 5.74) is 7.13. The number of rotatable bonds is 9. The van der Waals surface area contributed by atoms with Crippen LogP contribution in [0.2, 0.25) is 0 Å². The van der Waals surface area contributed by atoms with Gasteiger partial charge < -0.3 is 41.6 Å². The minimum Gasteiger partial charge on any atom is -0.550 e. The number of nitrogens with zero attached hydrogens (tertiary/aromatic N) is 1. The monoisotopic (exact) mass is 505 g/mol. The van der Waals surface area contributed by atoms with E-state index in [1.807, 2.05) is 0 Å². The van der Waals surface area contributed by atoms with Crippen molar-refractivity contribution in [1.29, 1.82) is 0 Å². The topological polar surface area (TPSA) is 225 Å². The molecule has 3 rings (SSSR count). The van der Waals surface area contributed by atoms with Crippen molar-refractivity contribution >= 4 is 29.6 Å². The van der Waals surface area contributed by atoms with Gasteiger partial charge in [0.25, 0.3) is 11.5 Å². The first-order valence-corrected chi connectivity index (χ1v) is 10.2. The molecule has 1 aliphatic rings. The maximum absolute atomic E-state index is 12.3. The molecule has 1 aromatic carbocycles. The molecule has 12 nitrogen and oxygen atoms in total. The molecule has 1 unspecified atom stereocenters. The van der Waals surface area contributed by atoms with E-state index in [4.69, 9.17) is 5.73 Å². The zero-order valence-electron chi connectivity index (χ0n) is 19.7. The number of hydrogen-bond acceptors (Lipinski definition) is 9. The second-order valence-electron chi connectivity index (χ2n) is 7.72. The molecule has 0 aliphatic carbocycles. The Labute approximate surface area is 245 Å². The van der Waals surface area contributed by atoms with Crippen LogP contribution < -0.4 is 91.3 Å². The predicted octanol–water partition coefficient (Wildman–Crippen LogP) is -8.87. The first-order chi connectivity index (χ1) is 15.2. The van der Waals surface area contributed by atoms with Crippen molar-refractivity contribution < 1.29 is 89.2 Å². The summed E-state index contributed by atoms with van der Waals surface area (Å²) in [6.45, 7) is 0.667. The van der Waals surface area contributed by atoms with Gasteiger partial charge in [-0.2, -0.15) is 4.98 Å². The Morgan fingerprint density at radius 2 is 1.83 bits per heavy atom. The Kier molecular flexibility index (Phi) is 14.4. The minimum absolute atomic E-state index is 0. The SMILES string of the molecule is Nc1nc2c(c(=O)[nH]1)CC(CCc1ccc(C(=O)N[C@@H](CCC(=O)[O-])C(=O)[O-])cc1)CN2.O.[Na+].[Na+]. The summed E-state index contributed by atoms with van der Waals surface area (Å²) in [5.74, 6) is -2.78. The first-order valence-electron chi connectivity index (χ1n) is 10.2. The number of nitrogen functional groups attached to an aromatic ring is 1. The smallest absolute Gasteiger partial charge is 0.550 e. The molecule has 0 fully saturated rings. The predicted molar refractivity (Wildman–Crippen MR) is 114 cm³/mol. The molecule has 35 heavy (non-hydrogen) atoms. The van der Waals surface area contributed by atoms with Crippen LogP contribution in [-0.2, 0) is 22.4 Å². The van der Waals surface area contributed by atoms with E-state index in [2.05, 4.69) is 20.6 Å². The fourth-order valence-corrected chi connectivity index (χ4v) is 3.60. The van der Waals surface area contributed by atoms with E-state index >= 15 is 0 Å². The number of fused-ring (bicyclic) bond motifs is 1. The van der Waals surface area contributed by atoms with Crippen LogP contribution in [-0.4, -0.2) is 45.9 Å². The third-order valence-electron chi connectivity index (χ3n) is 5.37. The van der Waals surface area contributed by atoms with E-state index in [1.165, 1.54) is 0 Å². The van der Waals surface area contributed by atoms with Crippen molar-refractivity contribution in [3.63, 3.8) is 0 Å². The largest absolute Gasteiger partial charge is 1.00 e. The van der Waals surface area contributed by atoms with Gasteiger partial charge in [-0.05, 0) is 55.7 Å². The van der Waals surface area contributed by atoms with Gasteiger partial charge in [0.15, 0.2) is 0 Å². The Hall–Kier alpha value is -1.93. The quantitative estimate of drug-likeness (QED) is 0.237. The standard InChI is InChI=1S/C21H25N5O6.2Na.H2O/c22-21-25-17-14(19(30)26-21)9-12(10-23-17)2-1-11-3-5-13(6-4-11)18(29)24-15(20(31)32)7-8-16(27)28;;;/h3-6,12,15H,1-2,7-10H2,(H,24,29)(H,27,28)(H,31,32)(H4,22,23,25,26,30);;;1H2/q;2*+1;/p-2/t12?,15-;;;/m0.../s1. The molecule has 1 amide bonds. The number of carboxylic acids is 2. The summed E-state index contributed by atoms with van der Waals surface area (Å²) >= 11 is 0. The van der Waals surface area contributed by atoms with Gasteiger partial charge in [-0.15, -0.1) is 0 Å². The molecule has 2 aromatic rings. The molecule has 2 heterocycles. The van der Waals surface area contributed by atoms with Gasteiger partial charge in [0.05, 0.1) is 17.6 Å². The molecule has 2 atom stereocenters. The van der Waals surface area contributed by atoms with E-state index in [0.717, 1.165) is 18.4 Å². The molecule has 0 radical (unpaired) electrons. The fraction of sp³-hybridized carbons (Fsp3) is 0.381. The maximum Gasteiger partial charge on any atom is 1.00 e. The van der Waals surface area contributed by atoms with Crippen molar-refractivity contribution in [3.05, 3.63) is 51.3 Å². The molecule has 178 valence electrons. The number of nitrogens with two attached hydrogens (primary N) is 1. The number of aromatic amines is 1. The molecule has 14 heteroatoms. The van der Waals surface area contributed by atoms with Gasteiger partial charge in [-0.1, -0.05) is 12.1 Å². The summed E-state index contributed by atoms with van der Waals surface area (Å²) in [6, 6.07) is 5.25. The van der Waals surface area contributed by atoms with Gasteiger partial charge in [0, 0.05) is 18.1 Å². The van der Waals surface area contributed by atoms with Crippen LogP contribution in [0.4, 0.5) is 11.8 Å². The average Bonchev–Trinajstić information content (AvgIpc) is 2.75. The van der Waals surface area contributed by atoms with Crippen LogP contribution >= 0.6 is 0 Å². The molecule has 1 aliphatic heterocycles. The number of H-pyrrole nitrogens is 1. The van der Waals surface area contributed by atoms with Crippen molar-refractivity contribution in [2.45, 2.75) is 38.1 Å². The number of amides is 1. The van der Waals surface area contributed by atoms with Crippen molar-refractivity contribution in [2.75, 3.05) is 17.6 Å². The van der Waals surface area contributed by atoms with Crippen LogP contribution in [0.15, 0.2) is 29.1 Å². The maximum atomic E-state index is 12.3. The average molecular weight is 505 g/mol. The number of nitrogens with one attached hydrogen (secondary N) is 3. The zero-order valence-corrected chi connectivity index (χ0v) is 23.7. The van der Waals surface area contributed by atoms with Gasteiger partial charge in [0.1, 0.15) is 5.82 Å². The second kappa shape index (κ2) is 15.2. The zero-order chi connectivity index (χ0) is 23.3. The third-order valence-corrected chi connectivity index (χ3v) is 5.37. The fourth-order valence-electron chi connectivity index (χ4n) is 3.60. The molecule has 7 N–H and O–H groups in total. The van der Waals surface area contributed by atoms with Gasteiger partial charge in [-0.3, -0.25) is 14.6 Å².